The van der Waals surface area contributed by atoms with E-state index in [-0.39, 0.29) is 12.5 Å². The van der Waals surface area contributed by atoms with Crippen LogP contribution < -0.4 is 16.4 Å². The zero-order valence-corrected chi connectivity index (χ0v) is 16.3. The Balaban J connectivity index is 2.73. The molecule has 0 fully saturated rings. The Morgan fingerprint density at radius 1 is 1.04 bits per heavy atom. The molecular formula is C19H27N3O6. The number of rotatable bonds is 10. The second-order valence-corrected chi connectivity index (χ2v) is 6.64. The van der Waals surface area contributed by atoms with Crippen molar-refractivity contribution in [2.75, 3.05) is 7.11 Å². The van der Waals surface area contributed by atoms with Crippen molar-refractivity contribution < 1.29 is 28.7 Å². The molecule has 0 bridgehead atoms. The maximum Gasteiger partial charge on any atom is 0.408 e. The molecule has 1 aromatic carbocycles. The number of hydrogen-bond donors (Lipinski definition) is 3. The maximum atomic E-state index is 12.5. The van der Waals surface area contributed by atoms with Crippen LogP contribution in [0.15, 0.2) is 30.3 Å². The summed E-state index contributed by atoms with van der Waals surface area (Å²) in [7, 11) is 1.21. The highest BCUT2D eigenvalue weighted by Gasteiger charge is 2.29. The molecule has 9 heteroatoms. The molecule has 9 nitrogen and oxygen atoms in total. The number of alkyl carbamates (subject to hydrolysis) is 1. The number of amides is 3. The summed E-state index contributed by atoms with van der Waals surface area (Å²) < 4.78 is 9.74. The molecule has 0 saturated carbocycles. The lowest BCUT2D eigenvalue weighted by atomic mass is 10.0. The average molecular weight is 393 g/mol. The lowest BCUT2D eigenvalue weighted by Gasteiger charge is -2.22. The van der Waals surface area contributed by atoms with Gasteiger partial charge in [-0.25, -0.2) is 9.59 Å². The van der Waals surface area contributed by atoms with Gasteiger partial charge in [0, 0.05) is 0 Å². The summed E-state index contributed by atoms with van der Waals surface area (Å²) in [6.07, 6.45) is -0.995. The van der Waals surface area contributed by atoms with Crippen LogP contribution in [0.3, 0.4) is 0 Å². The van der Waals surface area contributed by atoms with Gasteiger partial charge in [0.15, 0.2) is 0 Å². The van der Waals surface area contributed by atoms with Crippen molar-refractivity contribution in [3.05, 3.63) is 35.9 Å². The average Bonchev–Trinajstić information content (AvgIpc) is 2.64. The minimum absolute atomic E-state index is 0.00425. The Bertz CT molecular complexity index is 678. The first-order valence-electron chi connectivity index (χ1n) is 8.86. The number of nitrogens with one attached hydrogen (secondary N) is 2. The number of carbonyl (C=O) groups is 4. The van der Waals surface area contributed by atoms with Gasteiger partial charge >= 0.3 is 12.1 Å². The topological polar surface area (TPSA) is 137 Å². The van der Waals surface area contributed by atoms with Crippen molar-refractivity contribution in [2.45, 2.75) is 45.4 Å². The van der Waals surface area contributed by atoms with Gasteiger partial charge in [-0.3, -0.25) is 9.59 Å². The summed E-state index contributed by atoms with van der Waals surface area (Å²) in [4.78, 5) is 47.7. The maximum absolute atomic E-state index is 12.5. The largest absolute Gasteiger partial charge is 0.467 e. The molecule has 3 amide bonds. The molecular weight excluding hydrogens is 366 g/mol. The SMILES string of the molecule is COC(=O)[C@H](CC(C)C)NC(=O)[C@H](CC(N)=O)NC(=O)OCc1ccccc1. The minimum Gasteiger partial charge on any atom is -0.467 e. The van der Waals surface area contributed by atoms with E-state index < -0.39 is 42.4 Å². The first kappa shape index (κ1) is 22.9. The fourth-order valence-electron chi connectivity index (χ4n) is 2.42. The van der Waals surface area contributed by atoms with Crippen LogP contribution in [0.5, 0.6) is 0 Å². The number of benzene rings is 1. The summed E-state index contributed by atoms with van der Waals surface area (Å²) in [5.41, 5.74) is 5.93. The first-order chi connectivity index (χ1) is 13.2. The molecule has 154 valence electrons. The number of hydrogen-bond acceptors (Lipinski definition) is 6. The molecule has 0 spiro atoms. The fourth-order valence-corrected chi connectivity index (χ4v) is 2.42. The molecule has 0 aromatic heterocycles. The third-order valence-corrected chi connectivity index (χ3v) is 3.74. The van der Waals surface area contributed by atoms with E-state index in [0.717, 1.165) is 5.56 Å². The van der Waals surface area contributed by atoms with Crippen molar-refractivity contribution >= 4 is 23.9 Å². The van der Waals surface area contributed by atoms with Crippen molar-refractivity contribution in [1.29, 1.82) is 0 Å². The molecule has 1 aromatic rings. The third-order valence-electron chi connectivity index (χ3n) is 3.74. The molecule has 0 saturated heterocycles. The lowest BCUT2D eigenvalue weighted by Crippen LogP contribution is -2.53. The number of primary amides is 1. The second kappa shape index (κ2) is 11.6. The van der Waals surface area contributed by atoms with E-state index >= 15 is 0 Å². The second-order valence-electron chi connectivity index (χ2n) is 6.64. The van der Waals surface area contributed by atoms with Crippen molar-refractivity contribution in [1.82, 2.24) is 10.6 Å². The van der Waals surface area contributed by atoms with E-state index in [1.807, 2.05) is 19.9 Å². The molecule has 0 aliphatic heterocycles. The molecule has 4 N–H and O–H groups in total. The minimum atomic E-state index is -1.28. The molecule has 2 atom stereocenters. The Morgan fingerprint density at radius 3 is 2.21 bits per heavy atom. The van der Waals surface area contributed by atoms with Gasteiger partial charge in [0.1, 0.15) is 18.7 Å². The number of methoxy groups -OCH3 is 1. The highest BCUT2D eigenvalue weighted by atomic mass is 16.5. The van der Waals surface area contributed by atoms with E-state index in [9.17, 15) is 19.2 Å². The quantitative estimate of drug-likeness (QED) is 0.504. The molecule has 0 unspecified atom stereocenters. The standard InChI is InChI=1S/C19H27N3O6/c1-12(2)9-15(18(25)27-3)21-17(24)14(10-16(20)23)22-19(26)28-11-13-7-5-4-6-8-13/h4-8,12,14-15H,9-11H2,1-3H3,(H2,20,23)(H,21,24)(H,22,26)/t14-,15-/m0/s1. The van der Waals surface area contributed by atoms with Gasteiger partial charge in [-0.05, 0) is 17.9 Å². The van der Waals surface area contributed by atoms with Crippen molar-refractivity contribution in [2.24, 2.45) is 11.7 Å². The van der Waals surface area contributed by atoms with E-state index in [1.54, 1.807) is 24.3 Å². The zero-order chi connectivity index (χ0) is 21.1. The zero-order valence-electron chi connectivity index (χ0n) is 16.3. The Hall–Kier alpha value is -3.10. The van der Waals surface area contributed by atoms with Crippen LogP contribution in [0.25, 0.3) is 0 Å². The predicted octanol–water partition coefficient (Wildman–Crippen LogP) is 0.861. The Kier molecular flexibility index (Phi) is 9.49. The summed E-state index contributed by atoms with van der Waals surface area (Å²) >= 11 is 0. The van der Waals surface area contributed by atoms with Crippen LogP contribution in [0.4, 0.5) is 4.79 Å². The Labute approximate surface area is 163 Å². The predicted molar refractivity (Wildman–Crippen MR) is 101 cm³/mol. The van der Waals surface area contributed by atoms with Gasteiger partial charge in [-0.15, -0.1) is 0 Å². The summed E-state index contributed by atoms with van der Waals surface area (Å²) in [6.45, 7) is 3.75. The third kappa shape index (κ3) is 8.52. The van der Waals surface area contributed by atoms with E-state index in [4.69, 9.17) is 10.5 Å². The van der Waals surface area contributed by atoms with Crippen molar-refractivity contribution in [3.63, 3.8) is 0 Å². The molecule has 0 radical (unpaired) electrons. The van der Waals surface area contributed by atoms with Crippen LogP contribution in [-0.2, 0) is 30.5 Å². The number of esters is 1. The van der Waals surface area contributed by atoms with E-state index in [2.05, 4.69) is 15.4 Å². The van der Waals surface area contributed by atoms with Gasteiger partial charge in [-0.2, -0.15) is 0 Å². The normalized spacial score (nSPS) is 12.6. The van der Waals surface area contributed by atoms with Gasteiger partial charge in [0.2, 0.25) is 11.8 Å². The molecule has 0 aliphatic rings. The van der Waals surface area contributed by atoms with Gasteiger partial charge in [0.25, 0.3) is 0 Å². The van der Waals surface area contributed by atoms with Gasteiger partial charge in [-0.1, -0.05) is 44.2 Å². The lowest BCUT2D eigenvalue weighted by molar-refractivity contribution is -0.145. The number of nitrogens with two attached hydrogens (primary N) is 1. The first-order valence-corrected chi connectivity index (χ1v) is 8.86. The van der Waals surface area contributed by atoms with Gasteiger partial charge < -0.3 is 25.8 Å². The highest BCUT2D eigenvalue weighted by Crippen LogP contribution is 2.07. The Morgan fingerprint density at radius 2 is 1.68 bits per heavy atom. The smallest absolute Gasteiger partial charge is 0.408 e. The summed E-state index contributed by atoms with van der Waals surface area (Å²) in [5, 5.41) is 4.80. The monoisotopic (exact) mass is 393 g/mol. The van der Waals surface area contributed by atoms with Crippen LogP contribution in [0, 0.1) is 5.92 Å². The summed E-state index contributed by atoms with van der Waals surface area (Å²) in [5.74, 6) is -2.04. The van der Waals surface area contributed by atoms with Crippen molar-refractivity contribution in [3.8, 4) is 0 Å². The van der Waals surface area contributed by atoms with Gasteiger partial charge in [0.05, 0.1) is 13.5 Å². The van der Waals surface area contributed by atoms with Crippen LogP contribution in [0.2, 0.25) is 0 Å². The molecule has 0 heterocycles. The number of carbonyl (C=O) groups excluding carboxylic acids is 4. The van der Waals surface area contributed by atoms with Crippen LogP contribution in [0.1, 0.15) is 32.3 Å². The summed E-state index contributed by atoms with van der Waals surface area (Å²) in [6, 6.07) is 6.77. The van der Waals surface area contributed by atoms with E-state index in [0.29, 0.717) is 6.42 Å². The molecule has 28 heavy (non-hydrogen) atoms. The van der Waals surface area contributed by atoms with E-state index in [1.165, 1.54) is 7.11 Å². The van der Waals surface area contributed by atoms with Crippen LogP contribution in [-0.4, -0.2) is 43.1 Å². The fraction of sp³-hybridized carbons (Fsp3) is 0.474. The van der Waals surface area contributed by atoms with Crippen LogP contribution >= 0.6 is 0 Å². The molecule has 0 aliphatic carbocycles. The molecule has 1 rings (SSSR count). The number of ether oxygens (including phenoxy) is 2. The highest BCUT2D eigenvalue weighted by molar-refractivity contribution is 5.92.